The number of thiol groups is 1. The van der Waals surface area contributed by atoms with E-state index < -0.39 is 0 Å². The van der Waals surface area contributed by atoms with Crippen LogP contribution in [0.3, 0.4) is 0 Å². The maximum absolute atomic E-state index is 4.22. The molecule has 0 unspecified atom stereocenters. The van der Waals surface area contributed by atoms with Crippen molar-refractivity contribution in [3.63, 3.8) is 0 Å². The van der Waals surface area contributed by atoms with Gasteiger partial charge in [0.1, 0.15) is 5.75 Å². The molecule has 0 spiro atoms. The highest BCUT2D eigenvalue weighted by Crippen LogP contribution is 2.09. The van der Waals surface area contributed by atoms with Crippen LogP contribution in [-0.2, 0) is 16.6 Å². The van der Waals surface area contributed by atoms with Crippen LogP contribution >= 0.6 is 12.6 Å². The lowest BCUT2D eigenvalue weighted by Crippen LogP contribution is -1.98. The van der Waals surface area contributed by atoms with E-state index in [4.69, 9.17) is 0 Å². The van der Waals surface area contributed by atoms with Gasteiger partial charge < -0.3 is 0 Å². The minimum absolute atomic E-state index is 0.502. The zero-order valence-electron chi connectivity index (χ0n) is 6.87. The Hall–Kier alpha value is -0.0800. The van der Waals surface area contributed by atoms with E-state index in [0.29, 0.717) is 10.9 Å². The predicted octanol–water partition coefficient (Wildman–Crippen LogP) is 2.35. The molecule has 0 radical (unpaired) electrons. The molecule has 0 amide bonds. The molecule has 60 valence electrons. The molecule has 0 saturated heterocycles. The molecule has 1 rings (SSSR count). The summed E-state index contributed by atoms with van der Waals surface area (Å²) in [5.74, 6) is 1.19. The standard InChI is InChI=1S/C9H12S2/c1-11(2)7-8-3-5-9(10)6-4-8/h3-6H,7H2,1-2H3/p+1. The molecule has 0 atom stereocenters. The van der Waals surface area contributed by atoms with Crippen molar-refractivity contribution in [1.29, 1.82) is 0 Å². The largest absolute Gasteiger partial charge is 0.143 e. The SMILES string of the molecule is C[S+](C)Cc1ccc(S)cc1. The first-order valence-corrected chi connectivity index (χ1v) is 6.16. The molecular formula is C9H13S2+. The van der Waals surface area contributed by atoms with Crippen LogP contribution in [-0.4, -0.2) is 12.5 Å². The summed E-state index contributed by atoms with van der Waals surface area (Å²) in [5.41, 5.74) is 1.41. The highest BCUT2D eigenvalue weighted by Gasteiger charge is 2.02. The first-order valence-electron chi connectivity index (χ1n) is 3.50. The van der Waals surface area contributed by atoms with Crippen molar-refractivity contribution < 1.29 is 0 Å². The van der Waals surface area contributed by atoms with Crippen LogP contribution in [0, 0.1) is 0 Å². The van der Waals surface area contributed by atoms with Crippen molar-refractivity contribution in [1.82, 2.24) is 0 Å². The minimum Gasteiger partial charge on any atom is -0.143 e. The van der Waals surface area contributed by atoms with E-state index in [1.54, 1.807) is 0 Å². The minimum atomic E-state index is 0.502. The lowest BCUT2D eigenvalue weighted by molar-refractivity contribution is 1.35. The van der Waals surface area contributed by atoms with Gasteiger partial charge in [0.05, 0.1) is 12.5 Å². The van der Waals surface area contributed by atoms with Crippen LogP contribution in [0.5, 0.6) is 0 Å². The topological polar surface area (TPSA) is 0 Å². The van der Waals surface area contributed by atoms with Gasteiger partial charge in [-0.05, 0) is 23.0 Å². The number of benzene rings is 1. The fraction of sp³-hybridized carbons (Fsp3) is 0.333. The van der Waals surface area contributed by atoms with Crippen LogP contribution in [0.4, 0.5) is 0 Å². The molecule has 2 heteroatoms. The highest BCUT2D eigenvalue weighted by atomic mass is 32.2. The van der Waals surface area contributed by atoms with Crippen LogP contribution in [0.1, 0.15) is 5.56 Å². The van der Waals surface area contributed by atoms with Crippen molar-refractivity contribution in [2.24, 2.45) is 0 Å². The molecule has 0 nitrogen and oxygen atoms in total. The summed E-state index contributed by atoms with van der Waals surface area (Å²) >= 11 is 4.22. The first-order chi connectivity index (χ1) is 5.18. The smallest absolute Gasteiger partial charge is 0.132 e. The van der Waals surface area contributed by atoms with Gasteiger partial charge >= 0.3 is 0 Å². The molecule has 0 aliphatic rings. The predicted molar refractivity (Wildman–Crippen MR) is 56.6 cm³/mol. The maximum Gasteiger partial charge on any atom is 0.132 e. The van der Waals surface area contributed by atoms with Gasteiger partial charge in [0.15, 0.2) is 0 Å². The number of rotatable bonds is 2. The van der Waals surface area contributed by atoms with Gasteiger partial charge in [0, 0.05) is 10.5 Å². The van der Waals surface area contributed by atoms with Crippen LogP contribution < -0.4 is 0 Å². The third kappa shape index (κ3) is 3.21. The molecule has 1 aromatic carbocycles. The molecule has 0 fully saturated rings. The second-order valence-corrected chi connectivity index (χ2v) is 5.57. The molecular weight excluding hydrogens is 172 g/mol. The van der Waals surface area contributed by atoms with Crippen molar-refractivity contribution in [2.75, 3.05) is 12.5 Å². The Kier molecular flexibility index (Phi) is 3.34. The molecule has 0 aliphatic carbocycles. The fourth-order valence-corrected chi connectivity index (χ4v) is 1.93. The highest BCUT2D eigenvalue weighted by molar-refractivity contribution is 7.94. The first kappa shape index (κ1) is 9.01. The number of hydrogen-bond donors (Lipinski definition) is 1. The lowest BCUT2D eigenvalue weighted by Gasteiger charge is -1.97. The van der Waals surface area contributed by atoms with Gasteiger partial charge in [-0.25, -0.2) is 0 Å². The van der Waals surface area contributed by atoms with Gasteiger partial charge in [-0.15, -0.1) is 12.6 Å². The molecule has 0 aliphatic heterocycles. The van der Waals surface area contributed by atoms with Crippen molar-refractivity contribution in [2.45, 2.75) is 10.6 Å². The molecule has 1 aromatic rings. The average molecular weight is 185 g/mol. The fourth-order valence-electron chi connectivity index (χ4n) is 0.926. The van der Waals surface area contributed by atoms with Crippen LogP contribution in [0.2, 0.25) is 0 Å². The lowest BCUT2D eigenvalue weighted by atomic mass is 10.2. The Morgan fingerprint density at radius 1 is 1.18 bits per heavy atom. The van der Waals surface area contributed by atoms with Crippen molar-refractivity contribution >= 4 is 23.5 Å². The zero-order valence-corrected chi connectivity index (χ0v) is 8.58. The summed E-state index contributed by atoms with van der Waals surface area (Å²) in [4.78, 5) is 1.04. The summed E-state index contributed by atoms with van der Waals surface area (Å²) in [7, 11) is 0.502. The van der Waals surface area contributed by atoms with Crippen LogP contribution in [0.25, 0.3) is 0 Å². The molecule has 0 N–H and O–H groups in total. The summed E-state index contributed by atoms with van der Waals surface area (Å²) < 4.78 is 0. The van der Waals surface area contributed by atoms with Gasteiger partial charge in [-0.2, -0.15) is 0 Å². The Morgan fingerprint density at radius 2 is 1.73 bits per heavy atom. The quantitative estimate of drug-likeness (QED) is 0.531. The van der Waals surface area contributed by atoms with Crippen molar-refractivity contribution in [3.05, 3.63) is 29.8 Å². The van der Waals surface area contributed by atoms with E-state index in [1.165, 1.54) is 11.3 Å². The van der Waals surface area contributed by atoms with Gasteiger partial charge in [0.25, 0.3) is 0 Å². The summed E-state index contributed by atoms with van der Waals surface area (Å²) in [5, 5.41) is 0. The van der Waals surface area contributed by atoms with Gasteiger partial charge in [-0.1, -0.05) is 12.1 Å². The van der Waals surface area contributed by atoms with E-state index in [9.17, 15) is 0 Å². The second-order valence-electron chi connectivity index (χ2n) is 2.80. The Labute approximate surface area is 76.8 Å². The second kappa shape index (κ2) is 4.07. The molecule has 0 bridgehead atoms. The van der Waals surface area contributed by atoms with Gasteiger partial charge in [0.2, 0.25) is 0 Å². The Balaban J connectivity index is 2.66. The zero-order chi connectivity index (χ0) is 8.27. The third-order valence-electron chi connectivity index (χ3n) is 1.39. The summed E-state index contributed by atoms with van der Waals surface area (Å²) in [6, 6.07) is 8.39. The van der Waals surface area contributed by atoms with E-state index in [0.717, 1.165) is 4.90 Å². The molecule has 0 saturated carbocycles. The molecule has 11 heavy (non-hydrogen) atoms. The van der Waals surface area contributed by atoms with Crippen molar-refractivity contribution in [3.8, 4) is 0 Å². The maximum atomic E-state index is 4.22. The molecule has 0 aromatic heterocycles. The summed E-state index contributed by atoms with van der Waals surface area (Å²) in [6.07, 6.45) is 4.52. The normalized spacial score (nSPS) is 10.5. The number of hydrogen-bond acceptors (Lipinski definition) is 1. The van der Waals surface area contributed by atoms with E-state index in [2.05, 4.69) is 37.3 Å². The average Bonchev–Trinajstić information content (AvgIpc) is 1.93. The van der Waals surface area contributed by atoms with Crippen LogP contribution in [0.15, 0.2) is 29.2 Å². The summed E-state index contributed by atoms with van der Waals surface area (Å²) in [6.45, 7) is 0. The van der Waals surface area contributed by atoms with E-state index in [1.807, 2.05) is 12.1 Å². The molecule has 0 heterocycles. The monoisotopic (exact) mass is 185 g/mol. The van der Waals surface area contributed by atoms with Gasteiger partial charge in [-0.3, -0.25) is 0 Å². The Bertz CT molecular complexity index is 214. The third-order valence-corrected chi connectivity index (χ3v) is 2.60. The van der Waals surface area contributed by atoms with E-state index >= 15 is 0 Å². The Morgan fingerprint density at radius 3 is 2.18 bits per heavy atom. The van der Waals surface area contributed by atoms with E-state index in [-0.39, 0.29) is 0 Å².